The Kier molecular flexibility index (Phi) is 5.91. The summed E-state index contributed by atoms with van der Waals surface area (Å²) in [5.74, 6) is 0. The van der Waals surface area contributed by atoms with Crippen molar-refractivity contribution in [1.29, 1.82) is 0 Å². The molecule has 1 rings (SSSR count). The first-order valence-electron chi connectivity index (χ1n) is 2.53. The Morgan fingerprint density at radius 2 is 1.67 bits per heavy atom. The molecule has 0 N–H and O–H groups in total. The summed E-state index contributed by atoms with van der Waals surface area (Å²) < 4.78 is 0. The van der Waals surface area contributed by atoms with Crippen molar-refractivity contribution >= 4 is 45.5 Å². The fraction of sp³-hybridized carbons (Fsp3) is 0.143. The van der Waals surface area contributed by atoms with Crippen LogP contribution in [-0.4, -0.2) is 29.6 Å². The van der Waals surface area contributed by atoms with Crippen LogP contribution in [0.4, 0.5) is 0 Å². The van der Waals surface area contributed by atoms with Crippen LogP contribution in [0.5, 0.6) is 0 Å². The average molecular weight is 194 g/mol. The van der Waals surface area contributed by atoms with Crippen molar-refractivity contribution in [1.82, 2.24) is 0 Å². The summed E-state index contributed by atoms with van der Waals surface area (Å²) in [6.07, 6.45) is 0. The van der Waals surface area contributed by atoms with Crippen molar-refractivity contribution in [3.8, 4) is 0 Å². The normalized spacial score (nSPS) is 8.11. The summed E-state index contributed by atoms with van der Waals surface area (Å²) in [5, 5.41) is 0.952. The molecule has 0 amide bonds. The van der Waals surface area contributed by atoms with Gasteiger partial charge in [-0.1, -0.05) is 46.3 Å². The van der Waals surface area contributed by atoms with E-state index in [1.54, 1.807) is 0 Å². The molecule has 0 aliphatic rings. The SMILES string of the molecule is BrCc1ccccc1.[Na]. The molecule has 0 nitrogen and oxygen atoms in total. The van der Waals surface area contributed by atoms with Gasteiger partial charge in [-0.05, 0) is 5.56 Å². The largest absolute Gasteiger partial charge is 0.0876 e. The predicted octanol–water partition coefficient (Wildman–Crippen LogP) is 2.20. The number of rotatable bonds is 1. The van der Waals surface area contributed by atoms with Gasteiger partial charge in [-0.15, -0.1) is 0 Å². The van der Waals surface area contributed by atoms with Gasteiger partial charge in [-0.25, -0.2) is 0 Å². The van der Waals surface area contributed by atoms with Gasteiger partial charge in [-0.3, -0.25) is 0 Å². The smallest absolute Gasteiger partial charge is 0.0283 e. The Hall–Kier alpha value is 0.700. The second kappa shape index (κ2) is 5.48. The van der Waals surface area contributed by atoms with Gasteiger partial charge in [0.25, 0.3) is 0 Å². The molecular formula is C7H7BrNa. The van der Waals surface area contributed by atoms with E-state index in [-0.39, 0.29) is 29.6 Å². The minimum absolute atomic E-state index is 0. The van der Waals surface area contributed by atoms with E-state index in [1.807, 2.05) is 18.2 Å². The Morgan fingerprint density at radius 3 is 2.00 bits per heavy atom. The second-order valence-electron chi connectivity index (χ2n) is 1.62. The zero-order valence-corrected chi connectivity index (χ0v) is 9.06. The standard InChI is InChI=1S/C7H7Br.Na/c8-6-7-4-2-1-3-5-7;/h1-5H,6H2;. The van der Waals surface area contributed by atoms with Gasteiger partial charge in [0.2, 0.25) is 0 Å². The summed E-state index contributed by atoms with van der Waals surface area (Å²) >= 11 is 3.36. The summed E-state index contributed by atoms with van der Waals surface area (Å²) in [4.78, 5) is 0. The molecule has 43 valence electrons. The molecule has 0 fully saturated rings. The van der Waals surface area contributed by atoms with Crippen molar-refractivity contribution in [2.75, 3.05) is 0 Å². The Labute approximate surface area is 86.1 Å². The van der Waals surface area contributed by atoms with Crippen LogP contribution in [-0.2, 0) is 5.33 Å². The summed E-state index contributed by atoms with van der Waals surface area (Å²) in [5.41, 5.74) is 1.33. The third kappa shape index (κ3) is 3.41. The van der Waals surface area contributed by atoms with Crippen LogP contribution in [0.2, 0.25) is 0 Å². The van der Waals surface area contributed by atoms with Crippen molar-refractivity contribution in [2.45, 2.75) is 5.33 Å². The van der Waals surface area contributed by atoms with Crippen molar-refractivity contribution in [3.63, 3.8) is 0 Å². The molecule has 0 aliphatic heterocycles. The maximum Gasteiger partial charge on any atom is 0.0283 e. The minimum Gasteiger partial charge on any atom is -0.0876 e. The van der Waals surface area contributed by atoms with E-state index in [0.29, 0.717) is 0 Å². The fourth-order valence-electron chi connectivity index (χ4n) is 0.567. The first-order valence-corrected chi connectivity index (χ1v) is 3.65. The Balaban J connectivity index is 0.000000640. The van der Waals surface area contributed by atoms with E-state index in [1.165, 1.54) is 5.56 Å². The van der Waals surface area contributed by atoms with Crippen molar-refractivity contribution in [3.05, 3.63) is 35.9 Å². The third-order valence-corrected chi connectivity index (χ3v) is 1.64. The fourth-order valence-corrected chi connectivity index (χ4v) is 0.941. The molecular weight excluding hydrogens is 187 g/mol. The van der Waals surface area contributed by atoms with Crippen LogP contribution < -0.4 is 0 Å². The molecule has 0 saturated heterocycles. The van der Waals surface area contributed by atoms with Gasteiger partial charge in [0.05, 0.1) is 0 Å². The summed E-state index contributed by atoms with van der Waals surface area (Å²) in [6.45, 7) is 0. The molecule has 0 unspecified atom stereocenters. The van der Waals surface area contributed by atoms with Gasteiger partial charge >= 0.3 is 0 Å². The first kappa shape index (κ1) is 9.70. The Morgan fingerprint density at radius 1 is 1.11 bits per heavy atom. The molecule has 0 aromatic heterocycles. The van der Waals surface area contributed by atoms with Gasteiger partial charge < -0.3 is 0 Å². The molecule has 0 bridgehead atoms. The summed E-state index contributed by atoms with van der Waals surface area (Å²) in [6, 6.07) is 10.3. The molecule has 1 radical (unpaired) electrons. The van der Waals surface area contributed by atoms with Crippen LogP contribution in [0.1, 0.15) is 5.56 Å². The zero-order chi connectivity index (χ0) is 5.82. The zero-order valence-electron chi connectivity index (χ0n) is 5.47. The van der Waals surface area contributed by atoms with Gasteiger partial charge in [0.15, 0.2) is 0 Å². The number of hydrogen-bond donors (Lipinski definition) is 0. The monoisotopic (exact) mass is 193 g/mol. The van der Waals surface area contributed by atoms with Gasteiger partial charge in [0.1, 0.15) is 0 Å². The van der Waals surface area contributed by atoms with Crippen LogP contribution >= 0.6 is 15.9 Å². The molecule has 1 aromatic rings. The van der Waals surface area contributed by atoms with Crippen molar-refractivity contribution < 1.29 is 0 Å². The molecule has 0 saturated carbocycles. The van der Waals surface area contributed by atoms with E-state index < -0.39 is 0 Å². The molecule has 1 aromatic carbocycles. The van der Waals surface area contributed by atoms with Crippen LogP contribution in [0.3, 0.4) is 0 Å². The summed E-state index contributed by atoms with van der Waals surface area (Å²) in [7, 11) is 0. The van der Waals surface area contributed by atoms with Crippen LogP contribution in [0, 0.1) is 0 Å². The molecule has 9 heavy (non-hydrogen) atoms. The maximum atomic E-state index is 3.36. The second-order valence-corrected chi connectivity index (χ2v) is 2.18. The number of benzene rings is 1. The number of alkyl halides is 1. The van der Waals surface area contributed by atoms with E-state index in [2.05, 4.69) is 28.1 Å². The average Bonchev–Trinajstić information content (AvgIpc) is 1.90. The predicted molar refractivity (Wildman–Crippen MR) is 44.8 cm³/mol. The molecule has 0 aliphatic carbocycles. The van der Waals surface area contributed by atoms with Crippen LogP contribution in [0.15, 0.2) is 30.3 Å². The number of halogens is 1. The van der Waals surface area contributed by atoms with E-state index >= 15 is 0 Å². The minimum atomic E-state index is 0. The Bertz CT molecular complexity index is 150. The topological polar surface area (TPSA) is 0 Å². The molecule has 0 atom stereocenters. The quantitative estimate of drug-likeness (QED) is 0.474. The van der Waals surface area contributed by atoms with E-state index in [0.717, 1.165) is 5.33 Å². The maximum absolute atomic E-state index is 3.36. The van der Waals surface area contributed by atoms with E-state index in [4.69, 9.17) is 0 Å². The molecule has 2 heteroatoms. The molecule has 0 heterocycles. The third-order valence-electron chi connectivity index (χ3n) is 0.997. The molecule has 0 spiro atoms. The van der Waals surface area contributed by atoms with Crippen molar-refractivity contribution in [2.24, 2.45) is 0 Å². The van der Waals surface area contributed by atoms with Gasteiger partial charge in [0, 0.05) is 34.9 Å². The number of hydrogen-bond acceptors (Lipinski definition) is 0. The van der Waals surface area contributed by atoms with E-state index in [9.17, 15) is 0 Å². The van der Waals surface area contributed by atoms with Crippen LogP contribution in [0.25, 0.3) is 0 Å². The first-order chi connectivity index (χ1) is 3.93. The van der Waals surface area contributed by atoms with Gasteiger partial charge in [-0.2, -0.15) is 0 Å².